The van der Waals surface area contributed by atoms with Crippen molar-refractivity contribution in [3.8, 4) is 17.8 Å². The number of primary amides is 1. The van der Waals surface area contributed by atoms with E-state index in [0.29, 0.717) is 130 Å². The van der Waals surface area contributed by atoms with Crippen LogP contribution in [0.25, 0.3) is 0 Å². The van der Waals surface area contributed by atoms with Gasteiger partial charge in [0.25, 0.3) is 5.91 Å². The average Bonchev–Trinajstić information content (AvgIpc) is 1.59. The van der Waals surface area contributed by atoms with Gasteiger partial charge in [0.2, 0.25) is 11.8 Å². The first-order valence-corrected chi connectivity index (χ1v) is 42.7. The van der Waals surface area contributed by atoms with Gasteiger partial charge in [-0.15, -0.1) is 0 Å². The number of aliphatic carboxylic acids is 2. The van der Waals surface area contributed by atoms with Crippen LogP contribution in [0.4, 0.5) is 0 Å². The second kappa shape index (κ2) is 30.6. The van der Waals surface area contributed by atoms with Crippen molar-refractivity contribution in [3.05, 3.63) is 119 Å². The number of nitrogens with one attached hydrogen (secondary N) is 2. The molecule has 8 N–H and O–H groups in total. The molecule has 0 aliphatic heterocycles. The molecule has 2 aromatic rings. The number of pyridine rings is 2. The van der Waals surface area contributed by atoms with E-state index in [9.17, 15) is 40.1 Å². The van der Waals surface area contributed by atoms with Crippen molar-refractivity contribution in [1.29, 1.82) is 5.26 Å². The van der Waals surface area contributed by atoms with Crippen LogP contribution in [0.1, 0.15) is 253 Å². The number of carbonyl (C=O) groups excluding carboxylic acids is 1. The highest BCUT2D eigenvalue weighted by atomic mass is 16.5. The molecule has 0 unspecified atom stereocenters. The van der Waals surface area contributed by atoms with Crippen LogP contribution >= 0.6 is 0 Å². The molecule has 12 aliphatic rings. The Balaban J connectivity index is 0.000000195. The second-order valence-corrected chi connectivity index (χ2v) is 40.6. The van der Waals surface area contributed by atoms with Gasteiger partial charge in [-0.05, 0) is 317 Å². The first-order valence-electron chi connectivity index (χ1n) is 42.7. The molecule has 22 atom stereocenters. The van der Waals surface area contributed by atoms with Crippen molar-refractivity contribution in [1.82, 2.24) is 20.6 Å². The molecule has 14 rings (SSSR count). The molecule has 17 nitrogen and oxygen atoms in total. The average molecular weight is 1530 g/mol. The standard InChI is InChI=1S/C47H69N3O6.C47H67N3O5/c1-29(2)32-15-22-47(50-26-31(51)27-55-8)24-23-44(6)35(38(32)47)11-12-37-43(5)18-16-34(42(3,4)36(43)17-19-45(37,44)7)30-13-20-46(21-14-30,41(53)54)28-56-40-33(39(48)52)10-9-25-49-40;1-30(2)34-15-22-47(50-27-33(51)28-54-8)24-23-44(6)36(39(34)47)11-12-38-43(5)18-16-35(42(3,4)37(43)17-19-45(38,44)7)31-13-20-46(21-14-31,41(52)53)29-55-40-32(26-48)10-9-25-49-40/h9-10,13,16,25,31-32,35-38,50-51H,1,11-12,14-15,17-24,26-28H2,2-8H3,(H2,48,52)(H,53,54);9-10,13,16,25,33-34,36-39,50-51H,1,11-12,14-15,17-24,27-29H2,2-8H3,(H,52,53)/t31-,32+,35-,36+,37-,38-,43+,44-,45-,46+,47+;33-,34+,36-,37+,38-,39-,43+,44-,45-,46+,47+/m11/s1. The fourth-order valence-electron chi connectivity index (χ4n) is 29.1. The Bertz CT molecular complexity index is 4080. The SMILES string of the molecule is C=C(C)[C@@H]1CC[C@]2(NC[C@@H](O)COC)CC[C@]3(C)[C@H](CC[C@@H]4[C@@]5(C)CC=C(C6=CC[C@](COc7ncccc7C#N)(C(=O)O)CC6)C(C)(C)[C@@H]5CC[C@]43C)[C@@H]12.C=C(C)[C@@H]1CC[C@]2(NC[C@@H](O)COC)CC[C@]3(C)[C@H](CC[C@@H]4[C@@]5(C)CC=C(C6=CC[C@](COc7ncccc7C(N)=O)(C(=O)O)CC6)C(C)(C)[C@@H]5CC[C@]43C)[C@@H]12. The molecule has 0 aromatic carbocycles. The number of allylic oxidation sites excluding steroid dienone is 10. The van der Waals surface area contributed by atoms with E-state index in [0.717, 1.165) is 38.5 Å². The molecule has 8 saturated carbocycles. The summed E-state index contributed by atoms with van der Waals surface area (Å²) in [7, 11) is 3.32. The number of carboxylic acids is 2. The number of aliphatic hydroxyl groups is 2. The number of aliphatic hydroxyl groups excluding tert-OH is 2. The van der Waals surface area contributed by atoms with Crippen molar-refractivity contribution >= 4 is 17.8 Å². The Morgan fingerprint density at radius 1 is 0.550 bits per heavy atom. The van der Waals surface area contributed by atoms with E-state index in [2.05, 4.69) is 147 Å². The minimum Gasteiger partial charge on any atom is -0.481 e. The molecule has 17 heteroatoms. The van der Waals surface area contributed by atoms with Gasteiger partial charge >= 0.3 is 11.9 Å². The Kier molecular flexibility index (Phi) is 22.8. The van der Waals surface area contributed by atoms with Crippen molar-refractivity contribution in [2.24, 2.45) is 119 Å². The first-order chi connectivity index (χ1) is 52.4. The number of carboxylic acid groups (broad SMARTS) is 2. The van der Waals surface area contributed by atoms with Crippen LogP contribution in [0.5, 0.6) is 11.8 Å². The minimum atomic E-state index is -1.11. The molecular weight excluding hydrogens is 1390 g/mol. The van der Waals surface area contributed by atoms with Crippen molar-refractivity contribution in [2.75, 3.05) is 53.7 Å². The molecule has 8 fully saturated rings. The van der Waals surface area contributed by atoms with Gasteiger partial charge in [-0.1, -0.05) is 118 Å². The zero-order chi connectivity index (χ0) is 80.1. The van der Waals surface area contributed by atoms with Crippen LogP contribution in [-0.4, -0.2) is 125 Å². The zero-order valence-electron chi connectivity index (χ0n) is 69.9. The van der Waals surface area contributed by atoms with Crippen LogP contribution in [0, 0.1) is 125 Å². The van der Waals surface area contributed by atoms with Crippen LogP contribution in [0.2, 0.25) is 0 Å². The fraction of sp³-hybridized carbons (Fsp3) is 0.723. The molecule has 608 valence electrons. The fourth-order valence-corrected chi connectivity index (χ4v) is 29.1. The lowest BCUT2D eigenvalue weighted by atomic mass is 9.33. The number of nitrogens with zero attached hydrogens (tertiary/aromatic N) is 3. The largest absolute Gasteiger partial charge is 0.481 e. The Morgan fingerprint density at radius 3 is 1.36 bits per heavy atom. The third kappa shape index (κ3) is 13.6. The predicted octanol–water partition coefficient (Wildman–Crippen LogP) is 17.3. The van der Waals surface area contributed by atoms with Gasteiger partial charge in [0, 0.05) is 50.8 Å². The lowest BCUT2D eigenvalue weighted by Gasteiger charge is -2.72. The van der Waals surface area contributed by atoms with Crippen LogP contribution < -0.4 is 25.8 Å². The molecule has 12 aliphatic carbocycles. The van der Waals surface area contributed by atoms with E-state index >= 15 is 0 Å². The van der Waals surface area contributed by atoms with E-state index in [1.807, 2.05) is 0 Å². The van der Waals surface area contributed by atoms with Gasteiger partial charge in [-0.2, -0.15) is 5.26 Å². The van der Waals surface area contributed by atoms with Gasteiger partial charge in [0.15, 0.2) is 0 Å². The summed E-state index contributed by atoms with van der Waals surface area (Å²) in [5.41, 5.74) is 13.2. The summed E-state index contributed by atoms with van der Waals surface area (Å²) in [6, 6.07) is 8.59. The van der Waals surface area contributed by atoms with Crippen molar-refractivity contribution in [3.63, 3.8) is 0 Å². The molecule has 0 spiro atoms. The Labute approximate surface area is 663 Å². The maximum absolute atomic E-state index is 12.8. The summed E-state index contributed by atoms with van der Waals surface area (Å²) in [6.07, 6.45) is 36.1. The number of hydrogen-bond donors (Lipinski definition) is 7. The second-order valence-electron chi connectivity index (χ2n) is 40.6. The number of hydrogen-bond acceptors (Lipinski definition) is 14. The summed E-state index contributed by atoms with van der Waals surface area (Å²) >= 11 is 0. The van der Waals surface area contributed by atoms with Crippen LogP contribution in [0.3, 0.4) is 0 Å². The van der Waals surface area contributed by atoms with Crippen LogP contribution in [0.15, 0.2) is 108 Å². The van der Waals surface area contributed by atoms with Gasteiger partial charge in [-0.3, -0.25) is 14.4 Å². The number of amides is 1. The summed E-state index contributed by atoms with van der Waals surface area (Å²) < 4.78 is 22.5. The number of β-amino-alcohol motifs (C(OH)–C–C–N with tert-alkyl or cyclic N) is 2. The molecule has 2 heterocycles. The zero-order valence-corrected chi connectivity index (χ0v) is 69.9. The third-order valence-electron chi connectivity index (χ3n) is 35.1. The number of nitrogens with two attached hydrogens (primary N) is 1. The highest BCUT2D eigenvalue weighted by molar-refractivity contribution is 5.95. The van der Waals surface area contributed by atoms with Gasteiger partial charge < -0.3 is 55.7 Å². The predicted molar refractivity (Wildman–Crippen MR) is 434 cm³/mol. The van der Waals surface area contributed by atoms with Crippen LogP contribution in [-0.2, 0) is 19.1 Å². The smallest absolute Gasteiger partial charge is 0.313 e. The number of carbonyl (C=O) groups is 3. The number of aromatic nitrogens is 2. The van der Waals surface area contributed by atoms with Gasteiger partial charge in [0.05, 0.1) is 25.4 Å². The van der Waals surface area contributed by atoms with E-state index in [1.54, 1.807) is 44.7 Å². The molecule has 0 saturated heterocycles. The topological polar surface area (TPSA) is 269 Å². The Hall–Kier alpha value is -6.00. The Morgan fingerprint density at radius 2 is 0.973 bits per heavy atom. The summed E-state index contributed by atoms with van der Waals surface area (Å²) in [5.74, 6) is 3.53. The number of methoxy groups -OCH3 is 2. The summed E-state index contributed by atoms with van der Waals surface area (Å²) in [5, 5.41) is 59.8. The maximum atomic E-state index is 12.8. The lowest BCUT2D eigenvalue weighted by molar-refractivity contribution is -0.221. The highest BCUT2D eigenvalue weighted by Gasteiger charge is 2.73. The third-order valence-corrected chi connectivity index (χ3v) is 35.1. The normalized spacial score (nSPS) is 40.7. The molecule has 0 bridgehead atoms. The molecule has 0 radical (unpaired) electrons. The monoisotopic (exact) mass is 1530 g/mol. The highest BCUT2D eigenvalue weighted by Crippen LogP contribution is 2.79. The van der Waals surface area contributed by atoms with E-state index in [-0.39, 0.29) is 84.9 Å². The van der Waals surface area contributed by atoms with E-state index in [1.165, 1.54) is 117 Å². The molecule has 111 heavy (non-hydrogen) atoms. The number of fused-ring (bicyclic) bond motifs is 14. The van der Waals surface area contributed by atoms with Crippen molar-refractivity contribution < 1.29 is 53.8 Å². The number of rotatable bonds is 23. The van der Waals surface area contributed by atoms with Crippen molar-refractivity contribution in [2.45, 2.75) is 260 Å². The lowest BCUT2D eigenvalue weighted by Crippen LogP contribution is -2.68. The van der Waals surface area contributed by atoms with Gasteiger partial charge in [0.1, 0.15) is 41.2 Å². The molecule has 1 amide bonds. The number of ether oxygens (including phenoxy) is 4. The van der Waals surface area contributed by atoms with E-state index < -0.39 is 40.9 Å². The van der Waals surface area contributed by atoms with E-state index in [4.69, 9.17) is 24.7 Å². The minimum absolute atomic E-state index is 0.0120. The molecule has 2 aromatic heterocycles. The summed E-state index contributed by atoms with van der Waals surface area (Å²) in [6.45, 7) is 41.2. The molecular formula is C94H136N6O11. The maximum Gasteiger partial charge on any atom is 0.313 e. The summed E-state index contributed by atoms with van der Waals surface area (Å²) in [4.78, 5) is 45.9. The van der Waals surface area contributed by atoms with Gasteiger partial charge in [-0.25, -0.2) is 9.97 Å². The first kappa shape index (κ1) is 83.0. The quantitative estimate of drug-likeness (QED) is 0.0510. The number of nitriles is 1.